The summed E-state index contributed by atoms with van der Waals surface area (Å²) in [6, 6.07) is 10.2. The van der Waals surface area contributed by atoms with E-state index in [-0.39, 0.29) is 0 Å². The van der Waals surface area contributed by atoms with E-state index in [4.69, 9.17) is 9.73 Å². The van der Waals surface area contributed by atoms with Crippen molar-refractivity contribution in [3.63, 3.8) is 0 Å². The van der Waals surface area contributed by atoms with Crippen molar-refractivity contribution in [1.29, 1.82) is 0 Å². The molecule has 1 aliphatic rings. The van der Waals surface area contributed by atoms with Gasteiger partial charge in [-0.05, 0) is 43.0 Å². The molecule has 1 N–H and O–H groups in total. The lowest BCUT2D eigenvalue weighted by atomic mass is 9.98. The first-order valence-corrected chi connectivity index (χ1v) is 10.4. The Bertz CT molecular complexity index is 757. The van der Waals surface area contributed by atoms with Crippen LogP contribution in [0.25, 0.3) is 0 Å². The third-order valence-corrected chi connectivity index (χ3v) is 5.26. The number of hydrogen-bond acceptors (Lipinski definition) is 5. The molecule has 1 saturated heterocycles. The summed E-state index contributed by atoms with van der Waals surface area (Å²) in [5, 5.41) is 3.45. The molecule has 29 heavy (non-hydrogen) atoms. The van der Waals surface area contributed by atoms with E-state index in [0.29, 0.717) is 5.92 Å². The third kappa shape index (κ3) is 5.82. The van der Waals surface area contributed by atoms with Crippen molar-refractivity contribution >= 4 is 11.9 Å². The van der Waals surface area contributed by atoms with Gasteiger partial charge in [0.05, 0.1) is 7.11 Å². The molecule has 7 nitrogen and oxygen atoms in total. The number of rotatable bonds is 7. The number of aliphatic imine (C=N–C) groups is 1. The van der Waals surface area contributed by atoms with Gasteiger partial charge in [0.25, 0.3) is 0 Å². The van der Waals surface area contributed by atoms with Gasteiger partial charge in [0, 0.05) is 51.7 Å². The van der Waals surface area contributed by atoms with Gasteiger partial charge in [-0.15, -0.1) is 0 Å². The average Bonchev–Trinajstić information content (AvgIpc) is 2.79. The Balaban J connectivity index is 1.53. The molecule has 7 heteroatoms. The molecule has 0 bridgehead atoms. The van der Waals surface area contributed by atoms with Crippen molar-refractivity contribution in [2.24, 2.45) is 4.99 Å². The summed E-state index contributed by atoms with van der Waals surface area (Å²) in [5.41, 5.74) is 1.32. The van der Waals surface area contributed by atoms with E-state index in [0.717, 1.165) is 63.3 Å². The molecule has 2 heterocycles. The summed E-state index contributed by atoms with van der Waals surface area (Å²) in [6.45, 7) is 9.67. The van der Waals surface area contributed by atoms with Crippen molar-refractivity contribution in [1.82, 2.24) is 20.2 Å². The minimum atomic E-state index is 0.458. The number of nitrogens with one attached hydrogen (secondary N) is 1. The molecule has 0 saturated carbocycles. The Labute approximate surface area is 173 Å². The molecule has 0 aliphatic carbocycles. The minimum Gasteiger partial charge on any atom is -0.497 e. The van der Waals surface area contributed by atoms with Crippen LogP contribution in [0.2, 0.25) is 0 Å². The lowest BCUT2D eigenvalue weighted by molar-refractivity contribution is 0.370. The largest absolute Gasteiger partial charge is 0.497 e. The number of benzene rings is 1. The van der Waals surface area contributed by atoms with Crippen molar-refractivity contribution in [3.05, 3.63) is 48.3 Å². The fraction of sp³-hybridized carbons (Fsp3) is 0.500. The molecule has 0 radical (unpaired) electrons. The molecule has 3 rings (SSSR count). The molecule has 1 unspecified atom stereocenters. The van der Waals surface area contributed by atoms with E-state index in [1.807, 2.05) is 18.2 Å². The number of methoxy groups -OCH3 is 1. The summed E-state index contributed by atoms with van der Waals surface area (Å²) in [7, 11) is 1.70. The standard InChI is InChI=1S/C22H32N6O/c1-4-23-21(26-13-10-18(2)19-6-8-20(29-3)9-7-19)27-14-16-28(17-15-27)22-24-11-5-12-25-22/h5-9,11-12,18H,4,10,13-17H2,1-3H3,(H,23,26). The van der Waals surface area contributed by atoms with Crippen LogP contribution < -0.4 is 15.0 Å². The zero-order valence-electron chi connectivity index (χ0n) is 17.7. The topological polar surface area (TPSA) is 65.9 Å². The smallest absolute Gasteiger partial charge is 0.225 e. The monoisotopic (exact) mass is 396 g/mol. The summed E-state index contributed by atoms with van der Waals surface area (Å²) in [6.07, 6.45) is 4.60. The van der Waals surface area contributed by atoms with Crippen molar-refractivity contribution in [2.45, 2.75) is 26.2 Å². The summed E-state index contributed by atoms with van der Waals surface area (Å²) in [5.74, 6) is 3.17. The second-order valence-corrected chi connectivity index (χ2v) is 7.22. The summed E-state index contributed by atoms with van der Waals surface area (Å²) in [4.78, 5) is 18.2. The van der Waals surface area contributed by atoms with Crippen LogP contribution in [0.4, 0.5) is 5.95 Å². The van der Waals surface area contributed by atoms with Gasteiger partial charge in [-0.3, -0.25) is 4.99 Å². The molecule has 0 amide bonds. The van der Waals surface area contributed by atoms with Crippen LogP contribution >= 0.6 is 0 Å². The minimum absolute atomic E-state index is 0.458. The lowest BCUT2D eigenvalue weighted by Crippen LogP contribution is -2.53. The van der Waals surface area contributed by atoms with Gasteiger partial charge < -0.3 is 19.9 Å². The van der Waals surface area contributed by atoms with Crippen LogP contribution in [-0.4, -0.2) is 67.2 Å². The van der Waals surface area contributed by atoms with Crippen LogP contribution in [0.5, 0.6) is 5.75 Å². The molecule has 1 fully saturated rings. The fourth-order valence-electron chi connectivity index (χ4n) is 3.46. The Morgan fingerprint density at radius 3 is 2.45 bits per heavy atom. The first-order valence-electron chi connectivity index (χ1n) is 10.4. The highest BCUT2D eigenvalue weighted by molar-refractivity contribution is 5.80. The number of ether oxygens (including phenoxy) is 1. The molecule has 1 aromatic carbocycles. The number of nitrogens with zero attached hydrogens (tertiary/aromatic N) is 5. The van der Waals surface area contributed by atoms with E-state index < -0.39 is 0 Å². The highest BCUT2D eigenvalue weighted by Gasteiger charge is 2.21. The molecule has 0 spiro atoms. The van der Waals surface area contributed by atoms with Crippen LogP contribution in [-0.2, 0) is 0 Å². The van der Waals surface area contributed by atoms with Crippen molar-refractivity contribution in [3.8, 4) is 5.75 Å². The van der Waals surface area contributed by atoms with Gasteiger partial charge in [0.15, 0.2) is 5.96 Å². The SMILES string of the molecule is CCNC(=NCCC(C)c1ccc(OC)cc1)N1CCN(c2ncccn2)CC1. The van der Waals surface area contributed by atoms with Crippen LogP contribution in [0, 0.1) is 0 Å². The maximum absolute atomic E-state index is 5.24. The molecule has 1 aliphatic heterocycles. The van der Waals surface area contributed by atoms with E-state index in [1.165, 1.54) is 5.56 Å². The second-order valence-electron chi connectivity index (χ2n) is 7.22. The Morgan fingerprint density at radius 1 is 1.14 bits per heavy atom. The number of aromatic nitrogens is 2. The number of guanidine groups is 1. The molecule has 156 valence electrons. The molecule has 1 aromatic heterocycles. The zero-order chi connectivity index (χ0) is 20.5. The average molecular weight is 397 g/mol. The van der Waals surface area contributed by atoms with Gasteiger partial charge in [0.1, 0.15) is 5.75 Å². The predicted molar refractivity (Wildman–Crippen MR) is 118 cm³/mol. The maximum atomic E-state index is 5.24. The summed E-state index contributed by atoms with van der Waals surface area (Å²) >= 11 is 0. The van der Waals surface area contributed by atoms with Crippen molar-refractivity contribution < 1.29 is 4.74 Å². The maximum Gasteiger partial charge on any atom is 0.225 e. The zero-order valence-corrected chi connectivity index (χ0v) is 17.7. The lowest BCUT2D eigenvalue weighted by Gasteiger charge is -2.36. The first kappa shape index (κ1) is 20.9. The Morgan fingerprint density at radius 2 is 1.83 bits per heavy atom. The van der Waals surface area contributed by atoms with E-state index in [2.05, 4.69) is 51.1 Å². The normalized spacial score (nSPS) is 15.9. The van der Waals surface area contributed by atoms with Gasteiger partial charge in [-0.2, -0.15) is 0 Å². The first-order chi connectivity index (χ1) is 14.2. The fourth-order valence-corrected chi connectivity index (χ4v) is 3.46. The van der Waals surface area contributed by atoms with Gasteiger partial charge in [-0.25, -0.2) is 9.97 Å². The third-order valence-electron chi connectivity index (χ3n) is 5.26. The molecular formula is C22H32N6O. The van der Waals surface area contributed by atoms with Gasteiger partial charge in [-0.1, -0.05) is 19.1 Å². The van der Waals surface area contributed by atoms with Crippen LogP contribution in [0.1, 0.15) is 31.7 Å². The van der Waals surface area contributed by atoms with E-state index in [9.17, 15) is 0 Å². The molecule has 2 aromatic rings. The second kappa shape index (κ2) is 10.6. The van der Waals surface area contributed by atoms with E-state index in [1.54, 1.807) is 19.5 Å². The van der Waals surface area contributed by atoms with Crippen molar-refractivity contribution in [2.75, 3.05) is 51.3 Å². The highest BCUT2D eigenvalue weighted by atomic mass is 16.5. The quantitative estimate of drug-likeness (QED) is 0.573. The molecule has 1 atom stereocenters. The predicted octanol–water partition coefficient (Wildman–Crippen LogP) is 2.77. The highest BCUT2D eigenvalue weighted by Crippen LogP contribution is 2.21. The van der Waals surface area contributed by atoms with E-state index >= 15 is 0 Å². The summed E-state index contributed by atoms with van der Waals surface area (Å²) < 4.78 is 5.24. The van der Waals surface area contributed by atoms with Gasteiger partial charge >= 0.3 is 0 Å². The number of anilines is 1. The Hall–Kier alpha value is -2.83. The van der Waals surface area contributed by atoms with Gasteiger partial charge in [0.2, 0.25) is 5.95 Å². The molecular weight excluding hydrogens is 364 g/mol. The Kier molecular flexibility index (Phi) is 7.67. The van der Waals surface area contributed by atoms with Crippen LogP contribution in [0.15, 0.2) is 47.7 Å². The number of piperazine rings is 1. The van der Waals surface area contributed by atoms with Crippen LogP contribution in [0.3, 0.4) is 0 Å². The number of hydrogen-bond donors (Lipinski definition) is 1.